The fraction of sp³-hybridized carbons (Fsp3) is 0.0909. The zero-order valence-corrected chi connectivity index (χ0v) is 8.37. The molecule has 1 aromatic heterocycles. The van der Waals surface area contributed by atoms with Crippen LogP contribution < -0.4 is 10.2 Å². The van der Waals surface area contributed by atoms with Gasteiger partial charge in [-0.05, 0) is 12.1 Å². The van der Waals surface area contributed by atoms with Gasteiger partial charge < -0.3 is 9.72 Å². The summed E-state index contributed by atoms with van der Waals surface area (Å²) in [5.41, 5.74) is -0.192. The van der Waals surface area contributed by atoms with E-state index in [-0.39, 0.29) is 22.2 Å². The van der Waals surface area contributed by atoms with Gasteiger partial charge in [0, 0.05) is 6.20 Å². The lowest BCUT2D eigenvalue weighted by Crippen LogP contribution is -2.08. The van der Waals surface area contributed by atoms with Crippen LogP contribution >= 0.6 is 0 Å². The van der Waals surface area contributed by atoms with Crippen molar-refractivity contribution in [2.24, 2.45) is 0 Å². The number of aromatic nitrogens is 1. The molecule has 4 nitrogen and oxygen atoms in total. The third-order valence-electron chi connectivity index (χ3n) is 2.28. The molecule has 80 valence electrons. The number of benzene rings is 1. The van der Waals surface area contributed by atoms with Crippen LogP contribution in [0.2, 0.25) is 0 Å². The molecule has 2 rings (SSSR count). The molecule has 1 aromatic carbocycles. The molecule has 16 heavy (non-hydrogen) atoms. The fourth-order valence-electron chi connectivity index (χ4n) is 1.53. The van der Waals surface area contributed by atoms with Gasteiger partial charge in [0.05, 0.1) is 18.0 Å². The first kappa shape index (κ1) is 10.2. The maximum Gasteiger partial charge on any atom is 0.207 e. The molecule has 0 bridgehead atoms. The Morgan fingerprint density at radius 3 is 2.88 bits per heavy atom. The van der Waals surface area contributed by atoms with E-state index in [9.17, 15) is 9.18 Å². The summed E-state index contributed by atoms with van der Waals surface area (Å²) in [5, 5.41) is 8.92. The van der Waals surface area contributed by atoms with Crippen LogP contribution in [0, 0.1) is 17.1 Å². The lowest BCUT2D eigenvalue weighted by Gasteiger charge is -2.05. The van der Waals surface area contributed by atoms with Crippen LogP contribution in [-0.2, 0) is 0 Å². The summed E-state index contributed by atoms with van der Waals surface area (Å²) in [6.45, 7) is 0. The zero-order valence-electron chi connectivity index (χ0n) is 8.37. The van der Waals surface area contributed by atoms with Crippen LogP contribution in [-0.4, -0.2) is 12.1 Å². The van der Waals surface area contributed by atoms with E-state index in [0.29, 0.717) is 0 Å². The molecule has 1 N–H and O–H groups in total. The van der Waals surface area contributed by atoms with Crippen molar-refractivity contribution < 1.29 is 9.13 Å². The second kappa shape index (κ2) is 3.66. The number of halogens is 1. The standard InChI is InChI=1S/C11H7FN2O2/c1-16-11-8(12)3-2-7-9(11)14-5-6(4-13)10(7)15/h2-3,5H,1H3,(H,14,15). The zero-order chi connectivity index (χ0) is 11.7. The van der Waals surface area contributed by atoms with E-state index in [1.54, 1.807) is 6.07 Å². The Bertz CT molecular complexity index is 655. The minimum Gasteiger partial charge on any atom is -0.492 e. The van der Waals surface area contributed by atoms with Crippen molar-refractivity contribution in [3.05, 3.63) is 39.9 Å². The molecule has 0 spiro atoms. The van der Waals surface area contributed by atoms with Gasteiger partial charge in [-0.25, -0.2) is 4.39 Å². The highest BCUT2D eigenvalue weighted by Crippen LogP contribution is 2.24. The number of ether oxygens (including phenoxy) is 1. The number of pyridine rings is 1. The molecule has 5 heteroatoms. The number of aromatic amines is 1. The number of rotatable bonds is 1. The van der Waals surface area contributed by atoms with Gasteiger partial charge in [-0.1, -0.05) is 0 Å². The maximum atomic E-state index is 13.3. The molecule has 0 unspecified atom stereocenters. The molecule has 2 aromatic rings. The predicted molar refractivity (Wildman–Crippen MR) is 55.8 cm³/mol. The molecule has 0 aliphatic heterocycles. The van der Waals surface area contributed by atoms with Gasteiger partial charge in [0.15, 0.2) is 11.6 Å². The van der Waals surface area contributed by atoms with Crippen molar-refractivity contribution in [2.45, 2.75) is 0 Å². The van der Waals surface area contributed by atoms with Gasteiger partial charge in [-0.2, -0.15) is 5.26 Å². The third-order valence-corrected chi connectivity index (χ3v) is 2.28. The summed E-state index contributed by atoms with van der Waals surface area (Å²) in [7, 11) is 1.31. The van der Waals surface area contributed by atoms with Crippen LogP contribution in [0.15, 0.2) is 23.1 Å². The number of methoxy groups -OCH3 is 1. The molecular weight excluding hydrogens is 211 g/mol. The molecule has 0 amide bonds. The average molecular weight is 218 g/mol. The minimum atomic E-state index is -0.560. The number of fused-ring (bicyclic) bond motifs is 1. The normalized spacial score (nSPS) is 10.1. The number of nitriles is 1. The SMILES string of the molecule is COc1c(F)ccc2c(=O)c(C#N)c[nH]c12. The van der Waals surface area contributed by atoms with Gasteiger partial charge in [0.2, 0.25) is 5.43 Å². The summed E-state index contributed by atoms with van der Waals surface area (Å²) >= 11 is 0. The number of nitrogens with zero attached hydrogens (tertiary/aromatic N) is 1. The van der Waals surface area contributed by atoms with Crippen molar-refractivity contribution in [3.8, 4) is 11.8 Å². The van der Waals surface area contributed by atoms with Crippen LogP contribution in [0.3, 0.4) is 0 Å². The highest BCUT2D eigenvalue weighted by atomic mass is 19.1. The van der Waals surface area contributed by atoms with Gasteiger partial charge >= 0.3 is 0 Å². The molecule has 0 aliphatic carbocycles. The number of hydrogen-bond acceptors (Lipinski definition) is 3. The first-order valence-electron chi connectivity index (χ1n) is 4.47. The Kier molecular flexibility index (Phi) is 2.33. The van der Waals surface area contributed by atoms with Crippen LogP contribution in [0.5, 0.6) is 5.75 Å². The lowest BCUT2D eigenvalue weighted by atomic mass is 10.1. The minimum absolute atomic E-state index is 0.0128. The summed E-state index contributed by atoms with van der Waals surface area (Å²) in [4.78, 5) is 14.4. The van der Waals surface area contributed by atoms with Crippen molar-refractivity contribution in [1.82, 2.24) is 4.98 Å². The number of H-pyrrole nitrogens is 1. The van der Waals surface area contributed by atoms with Gasteiger partial charge in [0.1, 0.15) is 11.6 Å². The first-order valence-corrected chi connectivity index (χ1v) is 4.47. The lowest BCUT2D eigenvalue weighted by molar-refractivity contribution is 0.391. The quantitative estimate of drug-likeness (QED) is 0.789. The fourth-order valence-corrected chi connectivity index (χ4v) is 1.53. The third kappa shape index (κ3) is 1.32. The van der Waals surface area contributed by atoms with E-state index >= 15 is 0 Å². The smallest absolute Gasteiger partial charge is 0.207 e. The molecule has 0 radical (unpaired) electrons. The second-order valence-electron chi connectivity index (χ2n) is 3.15. The van der Waals surface area contributed by atoms with Crippen molar-refractivity contribution in [3.63, 3.8) is 0 Å². The highest BCUT2D eigenvalue weighted by molar-refractivity contribution is 5.85. The van der Waals surface area contributed by atoms with Crippen molar-refractivity contribution in [2.75, 3.05) is 7.11 Å². The monoisotopic (exact) mass is 218 g/mol. The summed E-state index contributed by atoms with van der Waals surface area (Å²) < 4.78 is 18.2. The van der Waals surface area contributed by atoms with E-state index in [0.717, 1.165) is 6.07 Å². The van der Waals surface area contributed by atoms with E-state index in [1.807, 2.05) is 0 Å². The second-order valence-corrected chi connectivity index (χ2v) is 3.15. The summed E-state index contributed by atoms with van der Waals surface area (Å²) in [5.74, 6) is -0.588. The Morgan fingerprint density at radius 1 is 1.50 bits per heavy atom. The Balaban J connectivity index is 2.95. The molecule has 0 atom stereocenters. The molecule has 0 saturated heterocycles. The molecule has 0 aliphatic rings. The highest BCUT2D eigenvalue weighted by Gasteiger charge is 2.12. The first-order chi connectivity index (χ1) is 7.69. The van der Waals surface area contributed by atoms with Crippen LogP contribution in [0.4, 0.5) is 4.39 Å². The van der Waals surface area contributed by atoms with Gasteiger partial charge in [0.25, 0.3) is 0 Å². The van der Waals surface area contributed by atoms with Gasteiger partial charge in [-0.15, -0.1) is 0 Å². The summed E-state index contributed by atoms with van der Waals surface area (Å²) in [6.07, 6.45) is 1.24. The predicted octanol–water partition coefficient (Wildman–Crippen LogP) is 1.55. The molecule has 0 saturated carbocycles. The van der Waals surface area contributed by atoms with Crippen LogP contribution in [0.1, 0.15) is 5.56 Å². The molecular formula is C11H7FN2O2. The maximum absolute atomic E-state index is 13.3. The Labute approximate surface area is 89.9 Å². The van der Waals surface area contributed by atoms with E-state index < -0.39 is 11.2 Å². The van der Waals surface area contributed by atoms with Crippen molar-refractivity contribution in [1.29, 1.82) is 5.26 Å². The Morgan fingerprint density at radius 2 is 2.25 bits per heavy atom. The van der Waals surface area contributed by atoms with E-state index in [2.05, 4.69) is 4.98 Å². The average Bonchev–Trinajstić information content (AvgIpc) is 2.29. The van der Waals surface area contributed by atoms with Crippen LogP contribution in [0.25, 0.3) is 10.9 Å². The number of nitrogens with one attached hydrogen (secondary N) is 1. The topological polar surface area (TPSA) is 65.9 Å². The van der Waals surface area contributed by atoms with E-state index in [1.165, 1.54) is 19.4 Å². The van der Waals surface area contributed by atoms with Crippen molar-refractivity contribution >= 4 is 10.9 Å². The largest absolute Gasteiger partial charge is 0.492 e. The molecule has 0 fully saturated rings. The van der Waals surface area contributed by atoms with Gasteiger partial charge in [-0.3, -0.25) is 4.79 Å². The van der Waals surface area contributed by atoms with E-state index in [4.69, 9.17) is 10.00 Å². The molecule has 1 heterocycles. The number of hydrogen-bond donors (Lipinski definition) is 1. The summed E-state index contributed by atoms with van der Waals surface area (Å²) in [6, 6.07) is 4.22. The Hall–Kier alpha value is -2.35.